The van der Waals surface area contributed by atoms with Gasteiger partial charge in [0.05, 0.1) is 0 Å². The van der Waals surface area contributed by atoms with Crippen LogP contribution >= 0.6 is 0 Å². The molecule has 1 aliphatic heterocycles. The Kier molecular flexibility index (Phi) is 5.17. The highest BCUT2D eigenvalue weighted by Gasteiger charge is 2.24. The summed E-state index contributed by atoms with van der Waals surface area (Å²) in [7, 11) is 2.06. The van der Waals surface area contributed by atoms with E-state index in [4.69, 9.17) is 0 Å². The van der Waals surface area contributed by atoms with Crippen molar-refractivity contribution in [2.45, 2.75) is 18.9 Å². The summed E-state index contributed by atoms with van der Waals surface area (Å²) in [5.41, 5.74) is 4.04. The van der Waals surface area contributed by atoms with Gasteiger partial charge >= 0.3 is 0 Å². The van der Waals surface area contributed by atoms with E-state index in [1.54, 1.807) is 30.5 Å². The van der Waals surface area contributed by atoms with Gasteiger partial charge in [0.1, 0.15) is 11.5 Å². The third-order valence-corrected chi connectivity index (χ3v) is 5.19. The summed E-state index contributed by atoms with van der Waals surface area (Å²) in [4.78, 5) is 18.7. The molecule has 1 amide bonds. The molecule has 2 aromatic carbocycles. The van der Waals surface area contributed by atoms with E-state index >= 15 is 0 Å². The normalized spacial score (nSPS) is 16.9. The second kappa shape index (κ2) is 7.90. The number of amides is 1. The molecule has 28 heavy (non-hydrogen) atoms. The number of aromatic nitrogens is 1. The monoisotopic (exact) mass is 375 g/mol. The number of rotatable bonds is 3. The molecule has 0 radical (unpaired) electrons. The maximum absolute atomic E-state index is 14.5. The molecule has 142 valence electrons. The number of pyridine rings is 1. The largest absolute Gasteiger partial charge is 0.321 e. The third kappa shape index (κ3) is 3.80. The predicted octanol–water partition coefficient (Wildman–Crippen LogP) is 4.44. The summed E-state index contributed by atoms with van der Waals surface area (Å²) < 4.78 is 14.5. The lowest BCUT2D eigenvalue weighted by Gasteiger charge is -2.19. The van der Waals surface area contributed by atoms with Gasteiger partial charge in [0.15, 0.2) is 0 Å². The average molecular weight is 375 g/mol. The van der Waals surface area contributed by atoms with Crippen LogP contribution in [0.5, 0.6) is 0 Å². The Bertz CT molecular complexity index is 990. The number of hydrogen-bond donors (Lipinski definition) is 1. The smallest absolute Gasteiger partial charge is 0.274 e. The number of nitrogens with zero attached hydrogens (tertiary/aromatic N) is 2. The first-order valence-corrected chi connectivity index (χ1v) is 9.40. The molecular weight excluding hydrogens is 353 g/mol. The number of anilines is 1. The minimum Gasteiger partial charge on any atom is -0.321 e. The fourth-order valence-electron chi connectivity index (χ4n) is 3.81. The summed E-state index contributed by atoms with van der Waals surface area (Å²) in [5.74, 6) is -0.412. The highest BCUT2D eigenvalue weighted by atomic mass is 19.1. The van der Waals surface area contributed by atoms with Crippen LogP contribution in [-0.2, 0) is 6.54 Å². The number of benzene rings is 2. The summed E-state index contributed by atoms with van der Waals surface area (Å²) >= 11 is 0. The second-order valence-electron chi connectivity index (χ2n) is 7.18. The Morgan fingerprint density at radius 2 is 1.93 bits per heavy atom. The van der Waals surface area contributed by atoms with Crippen LogP contribution in [0.1, 0.15) is 39.5 Å². The van der Waals surface area contributed by atoms with Gasteiger partial charge in [-0.1, -0.05) is 30.3 Å². The molecule has 3 aromatic rings. The van der Waals surface area contributed by atoms with E-state index in [1.165, 1.54) is 6.07 Å². The topological polar surface area (TPSA) is 45.2 Å². The number of fused-ring (bicyclic) bond motifs is 1. The Morgan fingerprint density at radius 3 is 2.71 bits per heavy atom. The lowest BCUT2D eigenvalue weighted by molar-refractivity contribution is 0.102. The molecule has 0 fully saturated rings. The quantitative estimate of drug-likeness (QED) is 0.736. The van der Waals surface area contributed by atoms with Gasteiger partial charge in [-0.2, -0.15) is 0 Å². The van der Waals surface area contributed by atoms with Crippen molar-refractivity contribution in [1.29, 1.82) is 0 Å². The van der Waals surface area contributed by atoms with Crippen molar-refractivity contribution in [3.05, 3.63) is 95.1 Å². The summed E-state index contributed by atoms with van der Waals surface area (Å²) in [6, 6.07) is 18.1. The predicted molar refractivity (Wildman–Crippen MR) is 108 cm³/mol. The molecule has 1 unspecified atom stereocenters. The zero-order valence-electron chi connectivity index (χ0n) is 15.7. The third-order valence-electron chi connectivity index (χ3n) is 5.19. The van der Waals surface area contributed by atoms with E-state index in [1.807, 2.05) is 30.3 Å². The zero-order chi connectivity index (χ0) is 19.5. The molecular formula is C23H22FN3O. The van der Waals surface area contributed by atoms with Crippen LogP contribution in [-0.4, -0.2) is 29.4 Å². The molecule has 0 spiro atoms. The van der Waals surface area contributed by atoms with Crippen LogP contribution in [0.25, 0.3) is 0 Å². The number of carbonyl (C=O) groups excluding carboxylic acids is 1. The van der Waals surface area contributed by atoms with Gasteiger partial charge in [-0.3, -0.25) is 9.78 Å². The minimum atomic E-state index is -0.242. The molecule has 1 aliphatic rings. The Balaban J connectivity index is 1.66. The average Bonchev–Trinajstić information content (AvgIpc) is 2.87. The van der Waals surface area contributed by atoms with E-state index in [0.29, 0.717) is 5.69 Å². The van der Waals surface area contributed by atoms with Gasteiger partial charge in [0.25, 0.3) is 5.91 Å². The first kappa shape index (κ1) is 18.3. The van der Waals surface area contributed by atoms with Crippen LogP contribution < -0.4 is 5.32 Å². The molecule has 4 rings (SSSR count). The van der Waals surface area contributed by atoms with Gasteiger partial charge < -0.3 is 10.2 Å². The minimum absolute atomic E-state index is 0.00157. The van der Waals surface area contributed by atoms with Crippen LogP contribution in [0.15, 0.2) is 66.9 Å². The molecule has 0 saturated carbocycles. The van der Waals surface area contributed by atoms with Crippen LogP contribution in [0.4, 0.5) is 10.1 Å². The van der Waals surface area contributed by atoms with Crippen molar-refractivity contribution in [2.75, 3.05) is 18.9 Å². The van der Waals surface area contributed by atoms with Gasteiger partial charge in [-0.15, -0.1) is 0 Å². The second-order valence-corrected chi connectivity index (χ2v) is 7.18. The van der Waals surface area contributed by atoms with Crippen LogP contribution in [0.2, 0.25) is 0 Å². The van der Waals surface area contributed by atoms with Gasteiger partial charge in [-0.25, -0.2) is 4.39 Å². The molecule has 0 saturated heterocycles. The first-order chi connectivity index (χ1) is 13.6. The molecule has 4 nitrogen and oxygen atoms in total. The Morgan fingerprint density at radius 1 is 1.11 bits per heavy atom. The number of halogens is 1. The van der Waals surface area contributed by atoms with E-state index in [9.17, 15) is 9.18 Å². The molecule has 0 aliphatic carbocycles. The molecule has 1 aromatic heterocycles. The van der Waals surface area contributed by atoms with Crippen molar-refractivity contribution in [3.8, 4) is 0 Å². The number of hydrogen-bond acceptors (Lipinski definition) is 3. The van der Waals surface area contributed by atoms with E-state index in [-0.39, 0.29) is 17.6 Å². The fraction of sp³-hybridized carbons (Fsp3) is 0.217. The summed E-state index contributed by atoms with van der Waals surface area (Å²) in [6.07, 6.45) is 2.45. The molecule has 1 N–H and O–H groups in total. The Hall–Kier alpha value is -3.05. The van der Waals surface area contributed by atoms with Crippen molar-refractivity contribution < 1.29 is 9.18 Å². The fourth-order valence-corrected chi connectivity index (χ4v) is 3.81. The van der Waals surface area contributed by atoms with Crippen molar-refractivity contribution in [2.24, 2.45) is 0 Å². The van der Waals surface area contributed by atoms with Gasteiger partial charge in [0.2, 0.25) is 0 Å². The van der Waals surface area contributed by atoms with Crippen molar-refractivity contribution in [1.82, 2.24) is 9.88 Å². The lowest BCUT2D eigenvalue weighted by atomic mass is 9.86. The molecule has 0 bridgehead atoms. The standard InChI is InChI=1S/C23H22FN3O/c1-27-13-11-19(20-6-2-3-7-21(20)24)18-10-9-17(14-16(18)15-27)26-23(28)22-8-4-5-12-25-22/h2-10,12,14,19H,11,13,15H2,1H3,(H,26,28). The lowest BCUT2D eigenvalue weighted by Crippen LogP contribution is -2.18. The van der Waals surface area contributed by atoms with E-state index < -0.39 is 0 Å². The maximum Gasteiger partial charge on any atom is 0.274 e. The maximum atomic E-state index is 14.5. The first-order valence-electron chi connectivity index (χ1n) is 9.40. The van der Waals surface area contributed by atoms with Gasteiger partial charge in [-0.05, 0) is 67.0 Å². The van der Waals surface area contributed by atoms with Crippen LogP contribution in [0, 0.1) is 5.82 Å². The SMILES string of the molecule is CN1CCC(c2ccccc2F)c2ccc(NC(=O)c3ccccn3)cc2C1. The zero-order valence-corrected chi connectivity index (χ0v) is 15.7. The van der Waals surface area contributed by atoms with Crippen molar-refractivity contribution >= 4 is 11.6 Å². The van der Waals surface area contributed by atoms with Gasteiger partial charge in [0, 0.05) is 24.3 Å². The molecule has 5 heteroatoms. The van der Waals surface area contributed by atoms with Crippen LogP contribution in [0.3, 0.4) is 0 Å². The molecule has 2 heterocycles. The Labute approximate surface area is 164 Å². The van der Waals surface area contributed by atoms with Crippen molar-refractivity contribution in [3.63, 3.8) is 0 Å². The summed E-state index contributed by atoms with van der Waals surface area (Å²) in [6.45, 7) is 1.64. The van der Waals surface area contributed by atoms with E-state index in [2.05, 4.69) is 22.2 Å². The summed E-state index contributed by atoms with van der Waals surface area (Å²) in [5, 5.41) is 2.92. The molecule has 1 atom stereocenters. The highest BCUT2D eigenvalue weighted by molar-refractivity contribution is 6.02. The number of carbonyl (C=O) groups is 1. The number of nitrogens with one attached hydrogen (secondary N) is 1. The highest BCUT2D eigenvalue weighted by Crippen LogP contribution is 2.36. The van der Waals surface area contributed by atoms with E-state index in [0.717, 1.165) is 41.9 Å².